The molecule has 5 nitrogen and oxygen atoms in total. The molecule has 0 amide bonds. The lowest BCUT2D eigenvalue weighted by Gasteiger charge is -2.26. The van der Waals surface area contributed by atoms with E-state index >= 15 is 0 Å². The van der Waals surface area contributed by atoms with Crippen molar-refractivity contribution in [3.05, 3.63) is 23.8 Å². The average molecular weight is 292 g/mol. The largest absolute Gasteiger partial charge is 0.497 e. The van der Waals surface area contributed by atoms with E-state index in [9.17, 15) is 10.0 Å². The summed E-state index contributed by atoms with van der Waals surface area (Å²) in [5.74, 6) is 0.737. The number of benzene rings is 1. The fourth-order valence-corrected chi connectivity index (χ4v) is 3.02. The first-order chi connectivity index (χ1) is 10.0. The van der Waals surface area contributed by atoms with Gasteiger partial charge in [0.05, 0.1) is 7.11 Å². The molecule has 0 aromatic heterocycles. The van der Waals surface area contributed by atoms with Gasteiger partial charge in [-0.1, -0.05) is 6.07 Å². The SMILES string of the molecule is COc1ccc(B(O)O)c(CN(C)CC2CCCN2C)c1. The number of likely N-dealkylation sites (N-methyl/N-ethyl adjacent to an activating group) is 2. The smallest absolute Gasteiger partial charge is 0.488 e. The molecule has 0 radical (unpaired) electrons. The summed E-state index contributed by atoms with van der Waals surface area (Å²) in [7, 11) is 4.40. The summed E-state index contributed by atoms with van der Waals surface area (Å²) in [6, 6.07) is 5.93. The number of hydrogen-bond acceptors (Lipinski definition) is 5. The minimum absolute atomic E-state index is 0.544. The Morgan fingerprint density at radius 2 is 2.19 bits per heavy atom. The van der Waals surface area contributed by atoms with E-state index in [1.807, 2.05) is 6.07 Å². The van der Waals surface area contributed by atoms with Crippen LogP contribution in [-0.4, -0.2) is 67.3 Å². The van der Waals surface area contributed by atoms with Crippen molar-refractivity contribution in [3.8, 4) is 5.75 Å². The van der Waals surface area contributed by atoms with Gasteiger partial charge in [0.1, 0.15) is 5.75 Å². The third-order valence-corrected chi connectivity index (χ3v) is 4.26. The van der Waals surface area contributed by atoms with Crippen LogP contribution in [-0.2, 0) is 6.54 Å². The van der Waals surface area contributed by atoms with E-state index in [1.165, 1.54) is 12.8 Å². The Balaban J connectivity index is 2.06. The van der Waals surface area contributed by atoms with Crippen LogP contribution in [0, 0.1) is 0 Å². The second kappa shape index (κ2) is 7.27. The fraction of sp³-hybridized carbons (Fsp3) is 0.600. The van der Waals surface area contributed by atoms with Crippen LogP contribution < -0.4 is 10.2 Å². The minimum Gasteiger partial charge on any atom is -0.497 e. The van der Waals surface area contributed by atoms with Crippen LogP contribution in [0.4, 0.5) is 0 Å². The van der Waals surface area contributed by atoms with E-state index in [2.05, 4.69) is 23.9 Å². The normalized spacial score (nSPS) is 19.2. The molecule has 1 aromatic carbocycles. The molecule has 1 heterocycles. The van der Waals surface area contributed by atoms with Crippen molar-refractivity contribution in [1.82, 2.24) is 9.80 Å². The second-order valence-corrected chi connectivity index (χ2v) is 5.91. The highest BCUT2D eigenvalue weighted by Gasteiger charge is 2.23. The van der Waals surface area contributed by atoms with Gasteiger partial charge in [-0.15, -0.1) is 0 Å². The van der Waals surface area contributed by atoms with Gasteiger partial charge in [0.15, 0.2) is 0 Å². The van der Waals surface area contributed by atoms with Crippen LogP contribution in [0.1, 0.15) is 18.4 Å². The van der Waals surface area contributed by atoms with Crippen LogP contribution in [0.15, 0.2) is 18.2 Å². The van der Waals surface area contributed by atoms with Gasteiger partial charge in [0, 0.05) is 19.1 Å². The third kappa shape index (κ3) is 4.20. The van der Waals surface area contributed by atoms with Gasteiger partial charge in [0.2, 0.25) is 0 Å². The maximum absolute atomic E-state index is 9.50. The highest BCUT2D eigenvalue weighted by molar-refractivity contribution is 6.59. The number of hydrogen-bond donors (Lipinski definition) is 2. The lowest BCUT2D eigenvalue weighted by atomic mass is 9.77. The summed E-state index contributed by atoms with van der Waals surface area (Å²) in [6.07, 6.45) is 2.49. The van der Waals surface area contributed by atoms with Crippen LogP contribution in [0.3, 0.4) is 0 Å². The first-order valence-corrected chi connectivity index (χ1v) is 7.43. The Labute approximate surface area is 127 Å². The summed E-state index contributed by atoms with van der Waals surface area (Å²) in [6.45, 7) is 2.82. The van der Waals surface area contributed by atoms with E-state index in [0.717, 1.165) is 24.4 Å². The van der Waals surface area contributed by atoms with Gasteiger partial charge >= 0.3 is 7.12 Å². The molecule has 1 atom stereocenters. The van der Waals surface area contributed by atoms with Gasteiger partial charge in [-0.3, -0.25) is 0 Å². The van der Waals surface area contributed by atoms with Crippen LogP contribution >= 0.6 is 0 Å². The van der Waals surface area contributed by atoms with Crippen LogP contribution in [0.5, 0.6) is 5.75 Å². The molecule has 1 aliphatic rings. The number of nitrogens with zero attached hydrogens (tertiary/aromatic N) is 2. The molecule has 0 saturated carbocycles. The molecule has 0 aliphatic carbocycles. The van der Waals surface area contributed by atoms with Crippen molar-refractivity contribution >= 4 is 12.6 Å². The first-order valence-electron chi connectivity index (χ1n) is 7.43. The Bertz CT molecular complexity index is 470. The average Bonchev–Trinajstić information content (AvgIpc) is 2.83. The van der Waals surface area contributed by atoms with E-state index in [0.29, 0.717) is 18.0 Å². The standard InChI is InChI=1S/C15H25BN2O3/c1-17(11-13-5-4-8-18(13)2)10-12-9-14(21-3)6-7-15(12)16(19)20/h6-7,9,13,19-20H,4-5,8,10-11H2,1-3H3. The van der Waals surface area contributed by atoms with Gasteiger partial charge < -0.3 is 24.6 Å². The molecule has 1 fully saturated rings. The molecule has 0 bridgehead atoms. The Kier molecular flexibility index (Phi) is 5.64. The summed E-state index contributed by atoms with van der Waals surface area (Å²) in [4.78, 5) is 4.62. The highest BCUT2D eigenvalue weighted by Crippen LogP contribution is 2.17. The zero-order valence-corrected chi connectivity index (χ0v) is 13.1. The van der Waals surface area contributed by atoms with Crippen molar-refractivity contribution in [2.24, 2.45) is 0 Å². The molecular formula is C15H25BN2O3. The number of rotatable bonds is 6. The molecule has 6 heteroatoms. The zero-order valence-electron chi connectivity index (χ0n) is 13.1. The Morgan fingerprint density at radius 3 is 2.76 bits per heavy atom. The van der Waals surface area contributed by atoms with Gasteiger partial charge in [-0.05, 0) is 56.6 Å². The molecule has 116 valence electrons. The molecule has 1 aromatic rings. The van der Waals surface area contributed by atoms with E-state index in [4.69, 9.17) is 4.74 Å². The van der Waals surface area contributed by atoms with Crippen molar-refractivity contribution in [2.75, 3.05) is 34.3 Å². The lowest BCUT2D eigenvalue weighted by Crippen LogP contribution is -2.39. The minimum atomic E-state index is -1.45. The lowest BCUT2D eigenvalue weighted by molar-refractivity contribution is 0.215. The number of likely N-dealkylation sites (tertiary alicyclic amines) is 1. The molecule has 2 rings (SSSR count). The quantitative estimate of drug-likeness (QED) is 0.717. The molecule has 1 unspecified atom stereocenters. The second-order valence-electron chi connectivity index (χ2n) is 5.91. The van der Waals surface area contributed by atoms with Crippen molar-refractivity contribution in [3.63, 3.8) is 0 Å². The van der Waals surface area contributed by atoms with Crippen molar-refractivity contribution < 1.29 is 14.8 Å². The summed E-state index contributed by atoms with van der Waals surface area (Å²) in [5.41, 5.74) is 1.44. The summed E-state index contributed by atoms with van der Waals surface area (Å²) in [5, 5.41) is 19.0. The predicted octanol–water partition coefficient (Wildman–Crippen LogP) is -0.0990. The maximum atomic E-state index is 9.50. The maximum Gasteiger partial charge on any atom is 0.488 e. The number of ether oxygens (including phenoxy) is 1. The van der Waals surface area contributed by atoms with Gasteiger partial charge in [-0.2, -0.15) is 0 Å². The highest BCUT2D eigenvalue weighted by atomic mass is 16.5. The molecular weight excluding hydrogens is 267 g/mol. The first kappa shape index (κ1) is 16.3. The Morgan fingerprint density at radius 1 is 1.43 bits per heavy atom. The van der Waals surface area contributed by atoms with Gasteiger partial charge in [-0.25, -0.2) is 0 Å². The monoisotopic (exact) mass is 292 g/mol. The third-order valence-electron chi connectivity index (χ3n) is 4.26. The topological polar surface area (TPSA) is 56.2 Å². The summed E-state index contributed by atoms with van der Waals surface area (Å²) < 4.78 is 5.23. The molecule has 1 saturated heterocycles. The van der Waals surface area contributed by atoms with Crippen LogP contribution in [0.2, 0.25) is 0 Å². The van der Waals surface area contributed by atoms with E-state index < -0.39 is 7.12 Å². The number of methoxy groups -OCH3 is 1. The predicted molar refractivity (Wildman–Crippen MR) is 84.8 cm³/mol. The Hall–Kier alpha value is -1.08. The van der Waals surface area contributed by atoms with Gasteiger partial charge in [0.25, 0.3) is 0 Å². The van der Waals surface area contributed by atoms with Crippen LogP contribution in [0.25, 0.3) is 0 Å². The van der Waals surface area contributed by atoms with E-state index in [-0.39, 0.29) is 0 Å². The zero-order chi connectivity index (χ0) is 15.4. The van der Waals surface area contributed by atoms with Crippen molar-refractivity contribution in [2.45, 2.75) is 25.4 Å². The molecule has 2 N–H and O–H groups in total. The van der Waals surface area contributed by atoms with E-state index in [1.54, 1.807) is 19.2 Å². The molecule has 1 aliphatic heterocycles. The fourth-order valence-electron chi connectivity index (χ4n) is 3.02. The molecule has 0 spiro atoms. The molecule has 21 heavy (non-hydrogen) atoms. The van der Waals surface area contributed by atoms with Crippen molar-refractivity contribution in [1.29, 1.82) is 0 Å². The summed E-state index contributed by atoms with van der Waals surface area (Å²) >= 11 is 0.